The minimum absolute atomic E-state index is 0.0450. The minimum Gasteiger partial charge on any atom is -0.462 e. The standard InChI is InChI=1S/C24H37N3O4S/c1-3-18-32(29,30)27-12-9-24(10-13-27)19-22(31-23(24)28)8-11-25-14-16-26(17-15-25)21-6-4-20(2)5-7-21/h4-7,22H,3,8-19H2,1-2H3/t22-/m0/s1. The van der Waals surface area contributed by atoms with Crippen molar-refractivity contribution in [2.24, 2.45) is 5.41 Å². The molecule has 178 valence electrons. The van der Waals surface area contributed by atoms with Gasteiger partial charge in [-0.25, -0.2) is 12.7 Å². The van der Waals surface area contributed by atoms with Crippen molar-refractivity contribution in [3.63, 3.8) is 0 Å². The quantitative estimate of drug-likeness (QED) is 0.579. The second-order valence-electron chi connectivity index (χ2n) is 9.68. The summed E-state index contributed by atoms with van der Waals surface area (Å²) >= 11 is 0. The van der Waals surface area contributed by atoms with Crippen molar-refractivity contribution in [2.45, 2.75) is 52.1 Å². The Morgan fingerprint density at radius 3 is 2.31 bits per heavy atom. The number of nitrogens with zero attached hydrogens (tertiary/aromatic N) is 3. The highest BCUT2D eigenvalue weighted by atomic mass is 32.2. The molecule has 0 N–H and O–H groups in total. The summed E-state index contributed by atoms with van der Waals surface area (Å²) in [5, 5.41) is 0. The molecule has 1 spiro atoms. The molecule has 3 aliphatic heterocycles. The fourth-order valence-corrected chi connectivity index (χ4v) is 6.81. The van der Waals surface area contributed by atoms with E-state index in [0.717, 1.165) is 45.6 Å². The molecule has 0 saturated carbocycles. The van der Waals surface area contributed by atoms with Crippen LogP contribution in [0.4, 0.5) is 5.69 Å². The van der Waals surface area contributed by atoms with Crippen LogP contribution < -0.4 is 4.90 Å². The van der Waals surface area contributed by atoms with Gasteiger partial charge in [-0.05, 0) is 44.7 Å². The second-order valence-corrected chi connectivity index (χ2v) is 11.8. The van der Waals surface area contributed by atoms with Crippen LogP contribution in [0.1, 0.15) is 44.6 Å². The summed E-state index contributed by atoms with van der Waals surface area (Å²) in [4.78, 5) is 17.6. The third-order valence-electron chi connectivity index (χ3n) is 7.40. The molecule has 4 rings (SSSR count). The zero-order valence-corrected chi connectivity index (χ0v) is 20.3. The number of esters is 1. The number of piperazine rings is 1. The van der Waals surface area contributed by atoms with E-state index >= 15 is 0 Å². The van der Waals surface area contributed by atoms with E-state index in [4.69, 9.17) is 4.74 Å². The molecule has 0 aliphatic carbocycles. The maximum atomic E-state index is 12.7. The van der Waals surface area contributed by atoms with Crippen LogP contribution in [0.5, 0.6) is 0 Å². The van der Waals surface area contributed by atoms with Crippen molar-refractivity contribution in [3.8, 4) is 0 Å². The minimum atomic E-state index is -3.19. The topological polar surface area (TPSA) is 70.2 Å². The highest BCUT2D eigenvalue weighted by Crippen LogP contribution is 2.44. The van der Waals surface area contributed by atoms with Gasteiger partial charge in [-0.2, -0.15) is 0 Å². The summed E-state index contributed by atoms with van der Waals surface area (Å²) < 4.78 is 32.0. The van der Waals surface area contributed by atoms with Gasteiger partial charge >= 0.3 is 5.97 Å². The fraction of sp³-hybridized carbons (Fsp3) is 0.708. The van der Waals surface area contributed by atoms with E-state index in [0.29, 0.717) is 32.4 Å². The first-order chi connectivity index (χ1) is 15.3. The van der Waals surface area contributed by atoms with Crippen LogP contribution in [-0.2, 0) is 19.6 Å². The van der Waals surface area contributed by atoms with Gasteiger partial charge in [0.1, 0.15) is 6.10 Å². The molecule has 8 heteroatoms. The number of rotatable bonds is 7. The van der Waals surface area contributed by atoms with E-state index < -0.39 is 15.4 Å². The number of anilines is 1. The van der Waals surface area contributed by atoms with Gasteiger partial charge < -0.3 is 9.64 Å². The van der Waals surface area contributed by atoms with Crippen LogP contribution in [0.25, 0.3) is 0 Å². The second kappa shape index (κ2) is 9.69. The van der Waals surface area contributed by atoms with Crippen LogP contribution in [-0.4, -0.2) is 81.3 Å². The number of benzene rings is 1. The van der Waals surface area contributed by atoms with Crippen molar-refractivity contribution in [3.05, 3.63) is 29.8 Å². The largest absolute Gasteiger partial charge is 0.462 e. The molecule has 0 amide bonds. The predicted octanol–water partition coefficient (Wildman–Crippen LogP) is 2.64. The van der Waals surface area contributed by atoms with Crippen LogP contribution in [0, 0.1) is 12.3 Å². The molecule has 32 heavy (non-hydrogen) atoms. The molecule has 0 bridgehead atoms. The number of hydrogen-bond acceptors (Lipinski definition) is 6. The molecule has 0 aromatic heterocycles. The van der Waals surface area contributed by atoms with Crippen molar-refractivity contribution in [1.82, 2.24) is 9.21 Å². The van der Waals surface area contributed by atoms with Crippen LogP contribution in [0.15, 0.2) is 24.3 Å². The third kappa shape index (κ3) is 5.13. The maximum Gasteiger partial charge on any atom is 0.312 e. The molecule has 1 aromatic carbocycles. The Labute approximate surface area is 192 Å². The van der Waals surface area contributed by atoms with E-state index in [2.05, 4.69) is 41.0 Å². The summed E-state index contributed by atoms with van der Waals surface area (Å²) in [6.45, 7) is 9.86. The zero-order chi connectivity index (χ0) is 22.8. The van der Waals surface area contributed by atoms with Crippen LogP contribution in [0.2, 0.25) is 0 Å². The van der Waals surface area contributed by atoms with Crippen LogP contribution >= 0.6 is 0 Å². The van der Waals surface area contributed by atoms with E-state index in [1.165, 1.54) is 11.3 Å². The van der Waals surface area contributed by atoms with E-state index in [1.54, 1.807) is 4.31 Å². The van der Waals surface area contributed by atoms with E-state index in [1.807, 2.05) is 6.92 Å². The smallest absolute Gasteiger partial charge is 0.312 e. The Bertz CT molecular complexity index is 886. The maximum absolute atomic E-state index is 12.7. The van der Waals surface area contributed by atoms with Crippen molar-refractivity contribution >= 4 is 21.7 Å². The molecular weight excluding hydrogens is 426 g/mol. The Morgan fingerprint density at radius 2 is 1.69 bits per heavy atom. The molecule has 3 fully saturated rings. The summed E-state index contributed by atoms with van der Waals surface area (Å²) in [6, 6.07) is 8.72. The summed E-state index contributed by atoms with van der Waals surface area (Å²) in [6.07, 6.45) is 3.33. The van der Waals surface area contributed by atoms with Gasteiger partial charge in [0.05, 0.1) is 11.2 Å². The zero-order valence-electron chi connectivity index (χ0n) is 19.5. The number of carbonyl (C=O) groups is 1. The summed E-state index contributed by atoms with van der Waals surface area (Å²) in [7, 11) is -3.19. The molecule has 0 radical (unpaired) electrons. The molecule has 3 heterocycles. The normalized spacial score (nSPS) is 24.8. The van der Waals surface area contributed by atoms with Gasteiger partial charge in [-0.15, -0.1) is 0 Å². The van der Waals surface area contributed by atoms with Gasteiger partial charge in [0.15, 0.2) is 0 Å². The first kappa shape index (κ1) is 23.5. The summed E-state index contributed by atoms with van der Waals surface area (Å²) in [5.41, 5.74) is 2.09. The van der Waals surface area contributed by atoms with Gasteiger partial charge in [0.25, 0.3) is 0 Å². The molecular formula is C24H37N3O4S. The van der Waals surface area contributed by atoms with Crippen molar-refractivity contribution in [2.75, 3.05) is 56.5 Å². The number of carbonyl (C=O) groups excluding carboxylic acids is 1. The Kier molecular flexibility index (Phi) is 7.12. The molecule has 1 aromatic rings. The Morgan fingerprint density at radius 1 is 1.03 bits per heavy atom. The number of aryl methyl sites for hydroxylation is 1. The van der Waals surface area contributed by atoms with Crippen molar-refractivity contribution < 1.29 is 17.9 Å². The molecule has 3 aliphatic rings. The van der Waals surface area contributed by atoms with Gasteiger partial charge in [-0.3, -0.25) is 9.69 Å². The summed E-state index contributed by atoms with van der Waals surface area (Å²) in [5.74, 6) is 0.0729. The van der Waals surface area contributed by atoms with Gasteiger partial charge in [0, 0.05) is 57.9 Å². The lowest BCUT2D eigenvalue weighted by molar-refractivity contribution is -0.150. The molecule has 0 unspecified atom stereocenters. The highest BCUT2D eigenvalue weighted by molar-refractivity contribution is 7.89. The van der Waals surface area contributed by atoms with Crippen LogP contribution in [0.3, 0.4) is 0 Å². The first-order valence-corrected chi connectivity index (χ1v) is 13.7. The SMILES string of the molecule is CCCS(=O)(=O)N1CCC2(CC1)C[C@H](CCN1CCN(c3ccc(C)cc3)CC1)OC2=O. The lowest BCUT2D eigenvalue weighted by Gasteiger charge is -2.36. The molecule has 7 nitrogen and oxygen atoms in total. The average Bonchev–Trinajstić information content (AvgIpc) is 3.08. The monoisotopic (exact) mass is 463 g/mol. The third-order valence-corrected chi connectivity index (χ3v) is 9.47. The number of hydrogen-bond donors (Lipinski definition) is 0. The molecule has 1 atom stereocenters. The number of piperidine rings is 1. The lowest BCUT2D eigenvalue weighted by atomic mass is 9.76. The fourth-order valence-electron chi connectivity index (χ4n) is 5.30. The Balaban J connectivity index is 1.22. The van der Waals surface area contributed by atoms with E-state index in [-0.39, 0.29) is 17.8 Å². The van der Waals surface area contributed by atoms with E-state index in [9.17, 15) is 13.2 Å². The molecule has 3 saturated heterocycles. The first-order valence-electron chi connectivity index (χ1n) is 12.0. The van der Waals surface area contributed by atoms with Crippen molar-refractivity contribution in [1.29, 1.82) is 0 Å². The van der Waals surface area contributed by atoms with Gasteiger partial charge in [-0.1, -0.05) is 24.6 Å². The Hall–Kier alpha value is -1.64. The average molecular weight is 464 g/mol. The number of cyclic esters (lactones) is 1. The highest BCUT2D eigenvalue weighted by Gasteiger charge is 2.51. The number of sulfonamides is 1. The lowest BCUT2D eigenvalue weighted by Crippen LogP contribution is -2.47. The number of ether oxygens (including phenoxy) is 1. The predicted molar refractivity (Wildman–Crippen MR) is 126 cm³/mol. The van der Waals surface area contributed by atoms with Gasteiger partial charge in [0.2, 0.25) is 10.0 Å².